The van der Waals surface area contributed by atoms with Crippen molar-refractivity contribution >= 4 is 46.1 Å². The van der Waals surface area contributed by atoms with Gasteiger partial charge in [-0.1, -0.05) is 23.4 Å². The van der Waals surface area contributed by atoms with E-state index in [4.69, 9.17) is 16.6 Å². The summed E-state index contributed by atoms with van der Waals surface area (Å²) in [6.45, 7) is 2.75. The maximum absolute atomic E-state index is 13.2. The third-order valence-electron chi connectivity index (χ3n) is 5.08. The first-order chi connectivity index (χ1) is 14.6. The van der Waals surface area contributed by atoms with Crippen LogP contribution in [0.3, 0.4) is 0 Å². The van der Waals surface area contributed by atoms with Crippen LogP contribution in [0.15, 0.2) is 29.6 Å². The van der Waals surface area contributed by atoms with Crippen molar-refractivity contribution in [3.63, 3.8) is 0 Å². The molecule has 1 fully saturated rings. The second-order valence-electron chi connectivity index (χ2n) is 7.07. The number of fused-ring (bicyclic) bond motifs is 1. The molecule has 0 saturated carbocycles. The molecule has 0 unspecified atom stereocenters. The van der Waals surface area contributed by atoms with Gasteiger partial charge in [-0.2, -0.15) is 5.10 Å². The molecule has 4 rings (SSSR count). The fourth-order valence-electron chi connectivity index (χ4n) is 3.57. The number of hydrogen-bond acceptors (Lipinski definition) is 6. The number of benzene rings is 1. The van der Waals surface area contributed by atoms with E-state index in [2.05, 4.69) is 20.3 Å². The van der Waals surface area contributed by atoms with Crippen molar-refractivity contribution in [1.82, 2.24) is 25.1 Å². The molecule has 0 atom stereocenters. The Hall–Kier alpha value is -2.39. The van der Waals surface area contributed by atoms with Gasteiger partial charge in [-0.15, -0.1) is 0 Å². The third kappa shape index (κ3) is 4.37. The number of amides is 1. The number of anilines is 1. The molecule has 10 heteroatoms. The Morgan fingerprint density at radius 2 is 2.07 bits per heavy atom. The van der Waals surface area contributed by atoms with E-state index < -0.39 is 5.82 Å². The average molecular weight is 449 g/mol. The van der Waals surface area contributed by atoms with E-state index in [9.17, 15) is 9.18 Å². The number of piperidine rings is 1. The fourth-order valence-corrected chi connectivity index (χ4v) is 4.18. The number of hydrogen-bond donors (Lipinski definition) is 1. The van der Waals surface area contributed by atoms with Crippen molar-refractivity contribution in [3.8, 4) is 0 Å². The number of carbonyl (C=O) groups is 1. The number of rotatable bonds is 6. The van der Waals surface area contributed by atoms with Crippen LogP contribution in [-0.2, 0) is 6.54 Å². The van der Waals surface area contributed by atoms with Crippen LogP contribution in [-0.4, -0.2) is 51.5 Å². The lowest BCUT2D eigenvalue weighted by Gasteiger charge is -2.28. The molecule has 3 heterocycles. The van der Waals surface area contributed by atoms with Gasteiger partial charge in [-0.25, -0.2) is 19.0 Å². The van der Waals surface area contributed by atoms with E-state index in [0.717, 1.165) is 48.8 Å². The van der Waals surface area contributed by atoms with Gasteiger partial charge in [-0.3, -0.25) is 4.79 Å². The Morgan fingerprint density at radius 3 is 2.80 bits per heavy atom. The van der Waals surface area contributed by atoms with E-state index in [0.29, 0.717) is 18.2 Å². The number of nitrogens with one attached hydrogen (secondary N) is 1. The predicted molar refractivity (Wildman–Crippen MR) is 117 cm³/mol. The third-order valence-corrected chi connectivity index (χ3v) is 5.94. The maximum atomic E-state index is 13.2. The van der Waals surface area contributed by atoms with Crippen LogP contribution in [0.1, 0.15) is 29.6 Å². The van der Waals surface area contributed by atoms with E-state index in [1.54, 1.807) is 10.9 Å². The molecule has 7 nitrogen and oxygen atoms in total. The van der Waals surface area contributed by atoms with Gasteiger partial charge in [0.15, 0.2) is 10.8 Å². The number of halogens is 2. The van der Waals surface area contributed by atoms with Gasteiger partial charge in [0.25, 0.3) is 5.91 Å². The van der Waals surface area contributed by atoms with Gasteiger partial charge in [0.05, 0.1) is 28.7 Å². The van der Waals surface area contributed by atoms with E-state index in [-0.39, 0.29) is 16.5 Å². The molecule has 1 amide bonds. The Kier molecular flexibility index (Phi) is 6.38. The van der Waals surface area contributed by atoms with E-state index >= 15 is 0 Å². The SMILES string of the molecule is CSc1nc(N2CCCCC2)c2cnn(CCNC(=O)c3ccc(F)cc3Cl)c2n1. The highest BCUT2D eigenvalue weighted by Crippen LogP contribution is 2.28. The highest BCUT2D eigenvalue weighted by molar-refractivity contribution is 7.98. The summed E-state index contributed by atoms with van der Waals surface area (Å²) < 4.78 is 15.0. The van der Waals surface area contributed by atoms with Crippen LogP contribution in [0.2, 0.25) is 5.02 Å². The summed E-state index contributed by atoms with van der Waals surface area (Å²) >= 11 is 7.46. The summed E-state index contributed by atoms with van der Waals surface area (Å²) in [5.74, 6) is 0.0932. The van der Waals surface area contributed by atoms with Crippen molar-refractivity contribution in [1.29, 1.82) is 0 Å². The molecule has 1 aliphatic rings. The Morgan fingerprint density at radius 1 is 1.27 bits per heavy atom. The number of nitrogens with zero attached hydrogens (tertiary/aromatic N) is 5. The summed E-state index contributed by atoms with van der Waals surface area (Å²) in [6.07, 6.45) is 7.31. The van der Waals surface area contributed by atoms with Gasteiger partial charge < -0.3 is 10.2 Å². The van der Waals surface area contributed by atoms with Gasteiger partial charge in [0.2, 0.25) is 0 Å². The zero-order valence-electron chi connectivity index (χ0n) is 16.6. The molecular formula is C20H22ClFN6OS. The van der Waals surface area contributed by atoms with Crippen LogP contribution >= 0.6 is 23.4 Å². The first-order valence-corrected chi connectivity index (χ1v) is 11.4. The minimum atomic E-state index is -0.478. The molecule has 2 aromatic heterocycles. The van der Waals surface area contributed by atoms with Crippen molar-refractivity contribution < 1.29 is 9.18 Å². The zero-order chi connectivity index (χ0) is 21.1. The minimum absolute atomic E-state index is 0.0839. The largest absolute Gasteiger partial charge is 0.356 e. The lowest BCUT2D eigenvalue weighted by Crippen LogP contribution is -2.30. The summed E-state index contributed by atoms with van der Waals surface area (Å²) in [6, 6.07) is 3.71. The molecular weight excluding hydrogens is 427 g/mol. The molecule has 0 radical (unpaired) electrons. The fraction of sp³-hybridized carbons (Fsp3) is 0.400. The van der Waals surface area contributed by atoms with Gasteiger partial charge in [0, 0.05) is 19.6 Å². The molecule has 1 N–H and O–H groups in total. The first-order valence-electron chi connectivity index (χ1n) is 9.82. The smallest absolute Gasteiger partial charge is 0.252 e. The maximum Gasteiger partial charge on any atom is 0.252 e. The molecule has 0 aliphatic carbocycles. The van der Waals surface area contributed by atoms with Gasteiger partial charge in [0.1, 0.15) is 11.6 Å². The van der Waals surface area contributed by atoms with Gasteiger partial charge >= 0.3 is 0 Å². The molecule has 3 aromatic rings. The first kappa shape index (κ1) is 20.9. The van der Waals surface area contributed by atoms with E-state index in [1.807, 2.05) is 6.26 Å². The molecule has 30 heavy (non-hydrogen) atoms. The highest BCUT2D eigenvalue weighted by atomic mass is 35.5. The molecule has 158 valence electrons. The molecule has 0 spiro atoms. The topological polar surface area (TPSA) is 75.9 Å². The molecule has 1 aromatic carbocycles. The van der Waals surface area contributed by atoms with Crippen molar-refractivity contribution in [2.45, 2.75) is 31.0 Å². The summed E-state index contributed by atoms with van der Waals surface area (Å²) in [5.41, 5.74) is 0.992. The van der Waals surface area contributed by atoms with Crippen molar-refractivity contribution in [2.24, 2.45) is 0 Å². The molecule has 1 aliphatic heterocycles. The average Bonchev–Trinajstić information content (AvgIpc) is 3.16. The van der Waals surface area contributed by atoms with Crippen LogP contribution in [0.4, 0.5) is 10.2 Å². The van der Waals surface area contributed by atoms with Crippen LogP contribution < -0.4 is 10.2 Å². The van der Waals surface area contributed by atoms with Crippen LogP contribution in [0.5, 0.6) is 0 Å². The van der Waals surface area contributed by atoms with E-state index in [1.165, 1.54) is 30.3 Å². The van der Waals surface area contributed by atoms with Crippen molar-refractivity contribution in [2.75, 3.05) is 30.8 Å². The predicted octanol–water partition coefficient (Wildman–Crippen LogP) is 3.76. The normalized spacial score (nSPS) is 14.3. The Bertz CT molecular complexity index is 1070. The lowest BCUT2D eigenvalue weighted by molar-refractivity contribution is 0.0952. The Balaban J connectivity index is 1.51. The second-order valence-corrected chi connectivity index (χ2v) is 8.25. The molecule has 0 bridgehead atoms. The molecule has 1 saturated heterocycles. The van der Waals surface area contributed by atoms with Gasteiger partial charge in [-0.05, 0) is 43.7 Å². The number of thioether (sulfide) groups is 1. The minimum Gasteiger partial charge on any atom is -0.356 e. The summed E-state index contributed by atoms with van der Waals surface area (Å²) in [7, 11) is 0. The Labute approximate surface area is 183 Å². The summed E-state index contributed by atoms with van der Waals surface area (Å²) in [4.78, 5) is 24.0. The van der Waals surface area contributed by atoms with Crippen LogP contribution in [0, 0.1) is 5.82 Å². The number of carbonyl (C=O) groups excluding carboxylic acids is 1. The number of aromatic nitrogens is 4. The highest BCUT2D eigenvalue weighted by Gasteiger charge is 2.20. The second kappa shape index (κ2) is 9.18. The summed E-state index contributed by atoms with van der Waals surface area (Å²) in [5, 5.41) is 8.98. The van der Waals surface area contributed by atoms with Crippen LogP contribution in [0.25, 0.3) is 11.0 Å². The zero-order valence-corrected chi connectivity index (χ0v) is 18.1. The monoisotopic (exact) mass is 448 g/mol. The standard InChI is InChI=1S/C20H22ClFN6OS/c1-30-20-25-17(27-8-3-2-4-9-27)15-12-24-28(18(15)26-20)10-7-23-19(29)14-6-5-13(22)11-16(14)21/h5-6,11-12H,2-4,7-10H2,1H3,(H,23,29). The van der Waals surface area contributed by atoms with Crippen molar-refractivity contribution in [3.05, 3.63) is 40.8 Å². The lowest BCUT2D eigenvalue weighted by atomic mass is 10.1. The quantitative estimate of drug-likeness (QED) is 0.457.